The number of aromatic amines is 2. The van der Waals surface area contributed by atoms with E-state index in [0.29, 0.717) is 22.8 Å². The van der Waals surface area contributed by atoms with Gasteiger partial charge in [-0.1, -0.05) is 53.0 Å². The third kappa shape index (κ3) is 26.1. The highest BCUT2D eigenvalue weighted by atomic mass is 35.5. The summed E-state index contributed by atoms with van der Waals surface area (Å²) >= 11 is 25.9. The number of amides is 2. The third-order valence-electron chi connectivity index (χ3n) is 15.8. The fourth-order valence-corrected chi connectivity index (χ4v) is 15.4. The number of carbonyl (C=O) groups excluding carboxylic acids is 6. The Balaban J connectivity index is 0.000000210. The van der Waals surface area contributed by atoms with E-state index >= 15 is 0 Å². The van der Waals surface area contributed by atoms with Crippen LogP contribution in [0.25, 0.3) is 33.2 Å². The second-order valence-electron chi connectivity index (χ2n) is 23.5. The van der Waals surface area contributed by atoms with Gasteiger partial charge >= 0.3 is 41.2 Å². The molecule has 0 saturated carbocycles. The molecule has 0 aliphatic carbocycles. The molecule has 0 saturated heterocycles. The minimum Gasteiger partial charge on any atom is -0.481 e. The van der Waals surface area contributed by atoms with Gasteiger partial charge in [-0.05, 0) is 144 Å². The van der Waals surface area contributed by atoms with Gasteiger partial charge in [-0.15, -0.1) is 68.0 Å². The van der Waals surface area contributed by atoms with Crippen molar-refractivity contribution in [3.8, 4) is 11.4 Å². The Labute approximate surface area is 685 Å². The minimum atomic E-state index is -1.09. The number of carboxylic acid groups (broad SMARTS) is 2. The van der Waals surface area contributed by atoms with Gasteiger partial charge in [-0.2, -0.15) is 0 Å². The molecule has 0 fully saturated rings. The molecule has 0 aliphatic heterocycles. The van der Waals surface area contributed by atoms with Crippen molar-refractivity contribution >= 4 is 184 Å². The number of H-pyrrole nitrogens is 2. The number of fused-ring (bicyclic) bond motifs is 2. The van der Waals surface area contributed by atoms with Crippen LogP contribution in [0.15, 0.2) is 181 Å². The molecule has 5 unspecified atom stereocenters. The zero-order valence-electron chi connectivity index (χ0n) is 60.6. The van der Waals surface area contributed by atoms with Crippen LogP contribution in [0.3, 0.4) is 0 Å². The molecule has 5 atom stereocenters. The number of nitrogens with two attached hydrogens (primary N) is 3. The second kappa shape index (κ2) is 44.0. The average Bonchev–Trinajstić information content (AvgIpc) is 1.16. The number of carbonyl (C=O) groups is 8. The van der Waals surface area contributed by atoms with Crippen molar-refractivity contribution in [3.63, 3.8) is 0 Å². The molecule has 0 aliphatic rings. The molecule has 28 nitrogen and oxygen atoms in total. The Morgan fingerprint density at radius 2 is 0.842 bits per heavy atom. The Hall–Kier alpha value is -10.9. The quantitative estimate of drug-likeness (QED) is 0.0152. The number of methoxy groups -OCH3 is 3. The van der Waals surface area contributed by atoms with Crippen LogP contribution in [0.2, 0.25) is 13.0 Å². The highest BCUT2D eigenvalue weighted by Gasteiger charge is 2.25. The smallest absolute Gasteiger partial charge is 0.333 e. The van der Waals surface area contributed by atoms with E-state index in [-0.39, 0.29) is 118 Å². The van der Waals surface area contributed by atoms with Crippen molar-refractivity contribution in [1.82, 2.24) is 29.7 Å². The summed E-state index contributed by atoms with van der Waals surface area (Å²) in [4.78, 5) is 152. The molecule has 4 aromatic carbocycles. The van der Waals surface area contributed by atoms with Crippen molar-refractivity contribution in [2.24, 2.45) is 17.2 Å². The number of ether oxygens (including phenoxy) is 3. The Bertz CT molecular complexity index is 5540. The molecule has 0 spiro atoms. The van der Waals surface area contributed by atoms with Crippen molar-refractivity contribution in [1.29, 1.82) is 0 Å². The maximum Gasteiger partial charge on any atom is 0.333 e. The van der Waals surface area contributed by atoms with Crippen molar-refractivity contribution in [2.45, 2.75) is 62.3 Å². The average molecular weight is 1740 g/mol. The molecular weight excluding hydrogens is 1660 g/mol. The van der Waals surface area contributed by atoms with E-state index in [2.05, 4.69) is 40.7 Å². The molecule has 12 aromatic rings. The first-order chi connectivity index (χ1) is 54.4. The van der Waals surface area contributed by atoms with Crippen LogP contribution in [0, 0.1) is 11.6 Å². The van der Waals surface area contributed by atoms with Crippen LogP contribution < -0.4 is 61.0 Å². The first kappa shape index (κ1) is 90.3. The second-order valence-corrected chi connectivity index (χ2v) is 31.7. The Morgan fingerprint density at radius 3 is 1.17 bits per heavy atom. The van der Waals surface area contributed by atoms with Crippen LogP contribution in [0.5, 0.6) is 0 Å². The number of nitrogens with one attached hydrogen (secondary N) is 6. The lowest BCUT2D eigenvalue weighted by atomic mass is 10.1. The maximum atomic E-state index is 14.2. The molecule has 114 heavy (non-hydrogen) atoms. The van der Waals surface area contributed by atoms with Crippen LogP contribution in [-0.4, -0.2) is 113 Å². The van der Waals surface area contributed by atoms with E-state index in [0.717, 1.165) is 58.4 Å². The van der Waals surface area contributed by atoms with Gasteiger partial charge in [0.15, 0.2) is 6.29 Å². The summed E-state index contributed by atoms with van der Waals surface area (Å²) in [5, 5.41) is 34.0. The van der Waals surface area contributed by atoms with E-state index in [4.69, 9.17) is 61.8 Å². The van der Waals surface area contributed by atoms with Gasteiger partial charge in [0.2, 0.25) is 0 Å². The highest BCUT2D eigenvalue weighted by molar-refractivity contribution is 7.17. The lowest BCUT2D eigenvalue weighted by molar-refractivity contribution is -0.142. The number of hydrogen-bond donors (Lipinski definition) is 11. The van der Waals surface area contributed by atoms with Gasteiger partial charge in [0.05, 0.1) is 128 Å². The van der Waals surface area contributed by atoms with E-state index in [1.807, 2.05) is 52.5 Å². The van der Waals surface area contributed by atoms with E-state index in [1.54, 1.807) is 47.7 Å². The van der Waals surface area contributed by atoms with Crippen LogP contribution in [-0.2, 0) is 38.2 Å². The Kier molecular flexibility index (Phi) is 34.8. The monoisotopic (exact) mass is 1730 g/mol. The standard InChI is InChI=1S/C24H20ClFN4O5S.C23H18ClFN4O5S.C8H10ClNO2S.C8H11NO2S.C7H9NO2S.C5H4OS/c1-27-17-10-16-14(9-15(17)26)23(33)30(24(34)29-16)13-5-3-12(4-6-13)22(32)28-18(11-21(31)35-2)19-7-8-20(25)36-19;1-26-16-9-15-13(8-14(16)25)22(33)29(23(34)28-15)12-4-2-11(3-5-12)21(32)27-17(10-20(30)31)18-6-7-19(24)35-18;1-12-8(11)4-5(10)6-2-3-7(9)13-6;1-11-8(10)5-6(9)7-3-2-4-12-7;8-5(4-7(9)10)6-2-1-3-11-6;6-4-5-2-1-3-7-5/h3-10,18,27H,11H2,1-2H3,(H,28,32)(H,29,34);2-9,17,26H,10H2,1H3,(H,27,32)(H,28,34)(H,30,31);2-3,5H,4,10H2,1H3;2-4,6H,5,9H2,1H3;1-3,5H,4,8H2,(H,9,10);1-4H. The number of esters is 3. The number of carboxylic acids is 2. The number of anilines is 2. The lowest BCUT2D eigenvalue weighted by Gasteiger charge is -2.16. The summed E-state index contributed by atoms with van der Waals surface area (Å²) in [6, 6.07) is 35.1. The predicted molar refractivity (Wildman–Crippen MR) is 441 cm³/mol. The number of rotatable bonds is 24. The normalized spacial score (nSPS) is 11.9. The molecule has 12 rings (SSSR count). The fraction of sp³-hybridized carbons (Fsp3) is 0.200. The van der Waals surface area contributed by atoms with Gasteiger partial charge < -0.3 is 72.9 Å². The predicted octanol–water partition coefficient (Wildman–Crippen LogP) is 13.2. The zero-order chi connectivity index (χ0) is 83.5. The van der Waals surface area contributed by atoms with Gasteiger partial charge in [0.1, 0.15) is 11.6 Å². The van der Waals surface area contributed by atoms with Crippen molar-refractivity contribution in [2.75, 3.05) is 46.1 Å². The third-order valence-corrected chi connectivity index (χ3v) is 22.7. The van der Waals surface area contributed by atoms with Gasteiger partial charge in [-0.3, -0.25) is 47.9 Å². The summed E-state index contributed by atoms with van der Waals surface area (Å²) in [5.41, 5.74) is 15.6. The molecule has 14 N–H and O–H groups in total. The molecular formula is C75H72Cl3F2N11O17S6. The van der Waals surface area contributed by atoms with Gasteiger partial charge in [-0.25, -0.2) is 27.5 Å². The van der Waals surface area contributed by atoms with Crippen molar-refractivity contribution in [3.05, 3.63) is 268 Å². The van der Waals surface area contributed by atoms with Crippen LogP contribution in [0.4, 0.5) is 20.2 Å². The Morgan fingerprint density at radius 1 is 0.482 bits per heavy atom. The summed E-state index contributed by atoms with van der Waals surface area (Å²) in [6.07, 6.45) is 0.856. The van der Waals surface area contributed by atoms with E-state index in [9.17, 15) is 71.4 Å². The molecule has 8 aromatic heterocycles. The van der Waals surface area contributed by atoms with E-state index in [1.165, 1.54) is 141 Å². The molecule has 600 valence electrons. The minimum absolute atomic E-state index is 0.000509. The lowest BCUT2D eigenvalue weighted by Crippen LogP contribution is -2.34. The molecule has 0 radical (unpaired) electrons. The van der Waals surface area contributed by atoms with Gasteiger partial charge in [0, 0.05) is 67.7 Å². The van der Waals surface area contributed by atoms with Crippen LogP contribution >= 0.6 is 103 Å². The molecule has 8 heterocycles. The number of nitrogens with zero attached hydrogens (tertiary/aromatic N) is 2. The number of hydrogen-bond acceptors (Lipinski definition) is 26. The first-order valence-electron chi connectivity index (χ1n) is 33.3. The summed E-state index contributed by atoms with van der Waals surface area (Å²) in [5.74, 6) is -5.35. The molecule has 0 bridgehead atoms. The maximum absolute atomic E-state index is 14.2. The molecule has 2 amide bonds. The topological polar surface area (TPSA) is 441 Å². The summed E-state index contributed by atoms with van der Waals surface area (Å²) < 4.78 is 45.5. The largest absolute Gasteiger partial charge is 0.481 e. The summed E-state index contributed by atoms with van der Waals surface area (Å²) in [6.45, 7) is 0. The summed E-state index contributed by atoms with van der Waals surface area (Å²) in [7, 11) is 7.00. The number of aliphatic carboxylic acids is 2. The molecule has 39 heteroatoms. The van der Waals surface area contributed by atoms with Crippen LogP contribution in [0.1, 0.15) is 117 Å². The van der Waals surface area contributed by atoms with E-state index < -0.39 is 75.9 Å². The number of aromatic nitrogens is 4. The number of aldehydes is 1. The van der Waals surface area contributed by atoms with Gasteiger partial charge in [0.25, 0.3) is 22.9 Å². The number of halogens is 5. The zero-order valence-corrected chi connectivity index (χ0v) is 67.7. The highest BCUT2D eigenvalue weighted by Crippen LogP contribution is 2.32. The fourth-order valence-electron chi connectivity index (χ4n) is 10.1. The number of benzene rings is 4. The van der Waals surface area contributed by atoms with Crippen molar-refractivity contribution < 1.29 is 71.6 Å². The SMILES string of the molecule is CNc1cc2[nH]c(=O)n(-c3ccc(C(=O)NC(CC(=O)O)c4ccc(Cl)s4)cc3)c(=O)c2cc1F.CNc1cc2[nH]c(=O)n(-c3ccc(C(=O)NC(CC(=O)OC)c4ccc(Cl)s4)cc3)c(=O)c2cc1F.COC(=O)CC(N)c1ccc(Cl)s1.COC(=O)CC(N)c1cccs1.NC(CC(=O)O)c1cccs1.O=Cc1cccs1. The first-order valence-corrected chi connectivity index (χ1v) is 39.5. The number of thiophene rings is 6.